The van der Waals surface area contributed by atoms with Crippen LogP contribution in [0.15, 0.2) is 24.3 Å². The predicted octanol–water partition coefficient (Wildman–Crippen LogP) is 1.19. The maximum Gasteiger partial charge on any atom is 0.253 e. The van der Waals surface area contributed by atoms with Crippen LogP contribution < -0.4 is 0 Å². The second-order valence-corrected chi connectivity index (χ2v) is 5.05. The summed E-state index contributed by atoms with van der Waals surface area (Å²) in [7, 11) is 0. The molecule has 20 heavy (non-hydrogen) atoms. The van der Waals surface area contributed by atoms with Crippen LogP contribution in [0, 0.1) is 5.92 Å². The number of ketones is 2. The van der Waals surface area contributed by atoms with Gasteiger partial charge in [0.1, 0.15) is 0 Å². The number of hydrogen-bond donors (Lipinski definition) is 0. The molecule has 0 N–H and O–H groups in total. The summed E-state index contributed by atoms with van der Waals surface area (Å²) in [4.78, 5) is 46.5. The van der Waals surface area contributed by atoms with E-state index in [1.807, 2.05) is 0 Å². The Morgan fingerprint density at radius 3 is 1.90 bits per heavy atom. The Morgan fingerprint density at radius 2 is 1.30 bits per heavy atom. The molecule has 0 fully saturated rings. The van der Waals surface area contributed by atoms with Crippen molar-refractivity contribution in [3.63, 3.8) is 0 Å². The van der Waals surface area contributed by atoms with Crippen molar-refractivity contribution in [1.82, 2.24) is 4.90 Å². The van der Waals surface area contributed by atoms with E-state index in [0.717, 1.165) is 25.7 Å². The van der Waals surface area contributed by atoms with Crippen molar-refractivity contribution in [1.29, 1.82) is 0 Å². The van der Waals surface area contributed by atoms with Crippen LogP contribution in [0.3, 0.4) is 0 Å². The number of rotatable bonds is 7. The number of imide groups is 1. The molecule has 0 aromatic rings. The van der Waals surface area contributed by atoms with Crippen LogP contribution in [0.25, 0.3) is 0 Å². The predicted molar refractivity (Wildman–Crippen MR) is 71.6 cm³/mol. The quantitative estimate of drug-likeness (QED) is 0.397. The lowest BCUT2D eigenvalue weighted by atomic mass is 9.97. The average Bonchev–Trinajstić information content (AvgIpc) is 2.90. The molecule has 2 rings (SSSR count). The van der Waals surface area contributed by atoms with E-state index in [-0.39, 0.29) is 23.4 Å². The van der Waals surface area contributed by atoms with Crippen molar-refractivity contribution < 1.29 is 19.2 Å². The van der Waals surface area contributed by atoms with Gasteiger partial charge in [-0.25, -0.2) is 0 Å². The monoisotopic (exact) mass is 275 g/mol. The summed E-state index contributed by atoms with van der Waals surface area (Å²) in [6.07, 6.45) is 9.19. The molecule has 2 aliphatic rings. The van der Waals surface area contributed by atoms with Gasteiger partial charge in [0.2, 0.25) is 0 Å². The van der Waals surface area contributed by atoms with Crippen LogP contribution in [0.5, 0.6) is 0 Å². The smallest absolute Gasteiger partial charge is 0.253 e. The van der Waals surface area contributed by atoms with Gasteiger partial charge in [-0.3, -0.25) is 24.1 Å². The molecule has 0 aromatic carbocycles. The first kappa shape index (κ1) is 14.4. The number of nitrogens with zero attached hydrogens (tertiary/aromatic N) is 1. The SMILES string of the molecule is O=C1C=CC(=O)C1CCCCCCN1C(=O)C=CC1=O. The third kappa shape index (κ3) is 3.29. The molecule has 0 radical (unpaired) electrons. The van der Waals surface area contributed by atoms with Crippen molar-refractivity contribution in [3.8, 4) is 0 Å². The summed E-state index contributed by atoms with van der Waals surface area (Å²) in [6.45, 7) is 0.438. The molecule has 0 atom stereocenters. The lowest BCUT2D eigenvalue weighted by Crippen LogP contribution is -2.30. The first-order valence-corrected chi connectivity index (χ1v) is 6.89. The first-order chi connectivity index (χ1) is 9.59. The summed E-state index contributed by atoms with van der Waals surface area (Å²) in [5.74, 6) is -1.14. The van der Waals surface area contributed by atoms with E-state index in [2.05, 4.69) is 0 Å². The minimum atomic E-state index is -0.471. The van der Waals surface area contributed by atoms with Gasteiger partial charge in [0.15, 0.2) is 11.6 Å². The van der Waals surface area contributed by atoms with E-state index in [1.54, 1.807) is 0 Å². The van der Waals surface area contributed by atoms with Crippen LogP contribution >= 0.6 is 0 Å². The molecule has 5 heteroatoms. The molecule has 106 valence electrons. The van der Waals surface area contributed by atoms with Gasteiger partial charge in [-0.05, 0) is 25.0 Å². The van der Waals surface area contributed by atoms with Gasteiger partial charge in [0.25, 0.3) is 11.8 Å². The molecule has 0 aromatic heterocycles. The van der Waals surface area contributed by atoms with E-state index < -0.39 is 5.92 Å². The van der Waals surface area contributed by atoms with Crippen LogP contribution in [-0.4, -0.2) is 34.8 Å². The molecule has 5 nitrogen and oxygen atoms in total. The zero-order valence-corrected chi connectivity index (χ0v) is 11.2. The van der Waals surface area contributed by atoms with Gasteiger partial charge in [0, 0.05) is 18.7 Å². The summed E-state index contributed by atoms with van der Waals surface area (Å²) in [5, 5.41) is 0. The van der Waals surface area contributed by atoms with Crippen LogP contribution in [-0.2, 0) is 19.2 Å². The fourth-order valence-electron chi connectivity index (χ4n) is 2.44. The highest BCUT2D eigenvalue weighted by molar-refractivity contribution is 6.18. The Labute approximate surface area is 117 Å². The summed E-state index contributed by atoms with van der Waals surface area (Å²) in [6, 6.07) is 0. The summed E-state index contributed by atoms with van der Waals surface area (Å²) in [5.41, 5.74) is 0. The van der Waals surface area contributed by atoms with Gasteiger partial charge in [-0.15, -0.1) is 0 Å². The second kappa shape index (κ2) is 6.41. The number of unbranched alkanes of at least 4 members (excludes halogenated alkanes) is 3. The van der Waals surface area contributed by atoms with Crippen LogP contribution in [0.1, 0.15) is 32.1 Å². The standard InChI is InChI=1S/C15H17NO4/c17-12-6-7-13(18)11(12)5-3-1-2-4-10-16-14(19)8-9-15(16)20/h6-9,11H,1-5,10H2. The molecule has 2 amide bonds. The lowest BCUT2D eigenvalue weighted by Gasteiger charge is -2.13. The van der Waals surface area contributed by atoms with Gasteiger partial charge < -0.3 is 0 Å². The van der Waals surface area contributed by atoms with E-state index in [1.165, 1.54) is 29.2 Å². The Kier molecular flexibility index (Phi) is 4.61. The van der Waals surface area contributed by atoms with Crippen LogP contribution in [0.4, 0.5) is 0 Å². The third-order valence-corrected chi connectivity index (χ3v) is 3.62. The Morgan fingerprint density at radius 1 is 0.750 bits per heavy atom. The van der Waals surface area contributed by atoms with E-state index in [0.29, 0.717) is 13.0 Å². The zero-order valence-electron chi connectivity index (χ0n) is 11.2. The molecule has 0 bridgehead atoms. The Bertz CT molecular complexity index is 422. The number of hydrogen-bond acceptors (Lipinski definition) is 4. The molecule has 0 unspecified atom stereocenters. The zero-order chi connectivity index (χ0) is 14.5. The van der Waals surface area contributed by atoms with E-state index in [4.69, 9.17) is 0 Å². The topological polar surface area (TPSA) is 71.5 Å². The van der Waals surface area contributed by atoms with Crippen LogP contribution in [0.2, 0.25) is 0 Å². The molecule has 0 saturated heterocycles. The average molecular weight is 275 g/mol. The summed E-state index contributed by atoms with van der Waals surface area (Å²) < 4.78 is 0. The highest BCUT2D eigenvalue weighted by Gasteiger charge is 2.27. The maximum atomic E-state index is 11.4. The fourth-order valence-corrected chi connectivity index (χ4v) is 2.44. The highest BCUT2D eigenvalue weighted by Crippen LogP contribution is 2.18. The largest absolute Gasteiger partial charge is 0.294 e. The van der Waals surface area contributed by atoms with Gasteiger partial charge in [-0.2, -0.15) is 0 Å². The maximum absolute atomic E-state index is 11.4. The first-order valence-electron chi connectivity index (χ1n) is 6.89. The number of amides is 2. The number of carbonyl (C=O) groups is 4. The van der Waals surface area contributed by atoms with Crippen molar-refractivity contribution in [2.75, 3.05) is 6.54 Å². The molecule has 0 saturated carbocycles. The third-order valence-electron chi connectivity index (χ3n) is 3.62. The van der Waals surface area contributed by atoms with Gasteiger partial charge in [-0.1, -0.05) is 19.3 Å². The molecular weight excluding hydrogens is 258 g/mol. The van der Waals surface area contributed by atoms with E-state index >= 15 is 0 Å². The molecule has 1 aliphatic carbocycles. The number of carbonyl (C=O) groups excluding carboxylic acids is 4. The lowest BCUT2D eigenvalue weighted by molar-refractivity contribution is -0.137. The Balaban J connectivity index is 1.56. The fraction of sp³-hybridized carbons (Fsp3) is 0.467. The molecule has 1 aliphatic heterocycles. The van der Waals surface area contributed by atoms with E-state index in [9.17, 15) is 19.2 Å². The van der Waals surface area contributed by atoms with Crippen molar-refractivity contribution in [3.05, 3.63) is 24.3 Å². The minimum absolute atomic E-state index is 0.0886. The molecular formula is C15H17NO4. The van der Waals surface area contributed by atoms with Gasteiger partial charge >= 0.3 is 0 Å². The Hall–Kier alpha value is -2.04. The molecule has 1 heterocycles. The number of allylic oxidation sites excluding steroid dienone is 2. The van der Waals surface area contributed by atoms with Crippen molar-refractivity contribution in [2.24, 2.45) is 5.92 Å². The summed E-state index contributed by atoms with van der Waals surface area (Å²) >= 11 is 0. The minimum Gasteiger partial charge on any atom is -0.294 e. The normalized spacial score (nSPS) is 18.9. The van der Waals surface area contributed by atoms with Crippen molar-refractivity contribution in [2.45, 2.75) is 32.1 Å². The molecule has 0 spiro atoms. The second-order valence-electron chi connectivity index (χ2n) is 5.05. The van der Waals surface area contributed by atoms with Crippen molar-refractivity contribution >= 4 is 23.4 Å². The van der Waals surface area contributed by atoms with Gasteiger partial charge in [0.05, 0.1) is 5.92 Å². The highest BCUT2D eigenvalue weighted by atomic mass is 16.2.